The van der Waals surface area contributed by atoms with Crippen molar-refractivity contribution in [3.63, 3.8) is 0 Å². The molecule has 1 rings (SSSR count). The summed E-state index contributed by atoms with van der Waals surface area (Å²) in [5.41, 5.74) is 4.27. The van der Waals surface area contributed by atoms with Gasteiger partial charge in [-0.2, -0.15) is 0 Å². The van der Waals surface area contributed by atoms with Crippen LogP contribution < -0.4 is 5.32 Å². The van der Waals surface area contributed by atoms with Crippen molar-refractivity contribution in [2.24, 2.45) is 11.8 Å². The molecule has 1 aromatic rings. The van der Waals surface area contributed by atoms with Gasteiger partial charge in [0.15, 0.2) is 0 Å². The van der Waals surface area contributed by atoms with E-state index in [0.717, 1.165) is 12.5 Å². The molecule has 1 N–H and O–H groups in total. The van der Waals surface area contributed by atoms with Gasteiger partial charge in [-0.3, -0.25) is 0 Å². The lowest BCUT2D eigenvalue weighted by Gasteiger charge is -2.22. The fraction of sp³-hybridized carbons (Fsp3) is 0.647. The molecule has 0 aromatic heterocycles. The van der Waals surface area contributed by atoms with Crippen molar-refractivity contribution in [3.8, 4) is 0 Å². The van der Waals surface area contributed by atoms with Crippen LogP contribution in [0.15, 0.2) is 18.2 Å². The topological polar surface area (TPSA) is 12.0 Å². The molecular weight excluding hydrogens is 218 g/mol. The minimum atomic E-state index is 0.585. The Hall–Kier alpha value is -0.820. The molecule has 0 saturated carbocycles. The van der Waals surface area contributed by atoms with E-state index in [2.05, 4.69) is 65.1 Å². The standard InChI is InChI=1S/C17H29N/c1-12(2)18-11-16(6)15(5)10-17-8-7-13(3)14(4)9-17/h7-9,12,15-16,18H,10-11H2,1-6H3. The summed E-state index contributed by atoms with van der Waals surface area (Å²) in [5, 5.41) is 3.53. The van der Waals surface area contributed by atoms with Gasteiger partial charge < -0.3 is 5.32 Å². The first-order chi connectivity index (χ1) is 8.40. The maximum atomic E-state index is 3.53. The van der Waals surface area contributed by atoms with Gasteiger partial charge in [0.25, 0.3) is 0 Å². The predicted octanol–water partition coefficient (Wildman–Crippen LogP) is 4.12. The van der Waals surface area contributed by atoms with Crippen LogP contribution in [-0.2, 0) is 6.42 Å². The molecule has 0 aliphatic rings. The summed E-state index contributed by atoms with van der Waals surface area (Å²) in [6.45, 7) is 14.6. The lowest BCUT2D eigenvalue weighted by Crippen LogP contribution is -2.31. The Morgan fingerprint density at radius 1 is 0.944 bits per heavy atom. The molecule has 2 atom stereocenters. The minimum Gasteiger partial charge on any atom is -0.314 e. The van der Waals surface area contributed by atoms with Crippen molar-refractivity contribution in [1.82, 2.24) is 5.32 Å². The van der Waals surface area contributed by atoms with Gasteiger partial charge >= 0.3 is 0 Å². The molecule has 18 heavy (non-hydrogen) atoms. The second kappa shape index (κ2) is 6.94. The zero-order chi connectivity index (χ0) is 13.7. The Bertz CT molecular complexity index is 368. The highest BCUT2D eigenvalue weighted by Gasteiger charge is 2.13. The van der Waals surface area contributed by atoms with Crippen LogP contribution in [0.5, 0.6) is 0 Å². The summed E-state index contributed by atoms with van der Waals surface area (Å²) in [6, 6.07) is 7.45. The van der Waals surface area contributed by atoms with Crippen LogP contribution in [-0.4, -0.2) is 12.6 Å². The molecule has 0 bridgehead atoms. The van der Waals surface area contributed by atoms with Gasteiger partial charge in [-0.15, -0.1) is 0 Å². The first-order valence-electron chi connectivity index (χ1n) is 7.19. The van der Waals surface area contributed by atoms with Crippen molar-refractivity contribution < 1.29 is 0 Å². The zero-order valence-electron chi connectivity index (χ0n) is 12.9. The van der Waals surface area contributed by atoms with Crippen molar-refractivity contribution in [3.05, 3.63) is 34.9 Å². The summed E-state index contributed by atoms with van der Waals surface area (Å²) in [6.07, 6.45) is 1.18. The third-order valence-corrected chi connectivity index (χ3v) is 3.95. The van der Waals surface area contributed by atoms with E-state index in [9.17, 15) is 0 Å². The molecule has 0 radical (unpaired) electrons. The summed E-state index contributed by atoms with van der Waals surface area (Å²) in [5.74, 6) is 1.44. The molecule has 0 spiro atoms. The van der Waals surface area contributed by atoms with Gasteiger partial charge in [0.05, 0.1) is 0 Å². The van der Waals surface area contributed by atoms with Gasteiger partial charge in [0.1, 0.15) is 0 Å². The first-order valence-corrected chi connectivity index (χ1v) is 7.19. The minimum absolute atomic E-state index is 0.585. The van der Waals surface area contributed by atoms with E-state index in [1.807, 2.05) is 0 Å². The van der Waals surface area contributed by atoms with Crippen molar-refractivity contribution >= 4 is 0 Å². The first kappa shape index (κ1) is 15.2. The number of hydrogen-bond donors (Lipinski definition) is 1. The molecule has 1 aromatic carbocycles. The van der Waals surface area contributed by atoms with Crippen molar-refractivity contribution in [2.45, 2.75) is 54.0 Å². The summed E-state index contributed by atoms with van der Waals surface area (Å²) in [7, 11) is 0. The molecule has 0 saturated heterocycles. The molecule has 0 aliphatic heterocycles. The fourth-order valence-electron chi connectivity index (χ4n) is 2.13. The van der Waals surface area contributed by atoms with Crippen LogP contribution in [0.3, 0.4) is 0 Å². The number of benzene rings is 1. The lowest BCUT2D eigenvalue weighted by atomic mass is 9.88. The maximum absolute atomic E-state index is 3.53. The quantitative estimate of drug-likeness (QED) is 0.797. The second-order valence-corrected chi connectivity index (χ2v) is 6.14. The smallest absolute Gasteiger partial charge is 0.00104 e. The molecule has 0 aliphatic carbocycles. The average Bonchev–Trinajstić information content (AvgIpc) is 2.30. The van der Waals surface area contributed by atoms with Crippen molar-refractivity contribution in [2.75, 3.05) is 6.54 Å². The van der Waals surface area contributed by atoms with E-state index in [-0.39, 0.29) is 0 Å². The Morgan fingerprint density at radius 2 is 1.61 bits per heavy atom. The molecule has 1 heteroatoms. The number of rotatable bonds is 6. The highest BCUT2D eigenvalue weighted by Crippen LogP contribution is 2.19. The predicted molar refractivity (Wildman–Crippen MR) is 81.1 cm³/mol. The van der Waals surface area contributed by atoms with Gasteiger partial charge in [-0.25, -0.2) is 0 Å². The Morgan fingerprint density at radius 3 is 2.17 bits per heavy atom. The molecule has 0 heterocycles. The van der Waals surface area contributed by atoms with Crippen LogP contribution in [0.1, 0.15) is 44.4 Å². The van der Waals surface area contributed by atoms with Crippen LogP contribution in [0.2, 0.25) is 0 Å². The number of aryl methyl sites for hydroxylation is 2. The van der Waals surface area contributed by atoms with Gasteiger partial charge in [0, 0.05) is 6.04 Å². The molecular formula is C17H29N. The van der Waals surface area contributed by atoms with Crippen LogP contribution in [0.4, 0.5) is 0 Å². The number of hydrogen-bond acceptors (Lipinski definition) is 1. The highest BCUT2D eigenvalue weighted by molar-refractivity contribution is 5.30. The zero-order valence-corrected chi connectivity index (χ0v) is 12.9. The van der Waals surface area contributed by atoms with Gasteiger partial charge in [-0.1, -0.05) is 45.9 Å². The molecule has 102 valence electrons. The maximum Gasteiger partial charge on any atom is 0.00104 e. The summed E-state index contributed by atoms with van der Waals surface area (Å²) >= 11 is 0. The van der Waals surface area contributed by atoms with Gasteiger partial charge in [-0.05, 0) is 55.3 Å². The molecule has 2 unspecified atom stereocenters. The summed E-state index contributed by atoms with van der Waals surface area (Å²) < 4.78 is 0. The van der Waals surface area contributed by atoms with Crippen LogP contribution in [0.25, 0.3) is 0 Å². The molecule has 0 fully saturated rings. The van der Waals surface area contributed by atoms with E-state index >= 15 is 0 Å². The Labute approximate surface area is 113 Å². The van der Waals surface area contributed by atoms with Crippen LogP contribution in [0, 0.1) is 25.7 Å². The van der Waals surface area contributed by atoms with Crippen molar-refractivity contribution in [1.29, 1.82) is 0 Å². The van der Waals surface area contributed by atoms with E-state index in [4.69, 9.17) is 0 Å². The van der Waals surface area contributed by atoms with E-state index < -0.39 is 0 Å². The monoisotopic (exact) mass is 247 g/mol. The molecule has 0 amide bonds. The Balaban J connectivity index is 2.52. The third kappa shape index (κ3) is 4.81. The average molecular weight is 247 g/mol. The SMILES string of the molecule is Cc1ccc(CC(C)C(C)CNC(C)C)cc1C. The largest absolute Gasteiger partial charge is 0.314 e. The van der Waals surface area contributed by atoms with E-state index in [0.29, 0.717) is 12.0 Å². The number of nitrogens with one attached hydrogen (secondary N) is 1. The summed E-state index contributed by atoms with van der Waals surface area (Å²) in [4.78, 5) is 0. The van der Waals surface area contributed by atoms with Gasteiger partial charge in [0.2, 0.25) is 0 Å². The van der Waals surface area contributed by atoms with E-state index in [1.165, 1.54) is 23.1 Å². The lowest BCUT2D eigenvalue weighted by molar-refractivity contribution is 0.354. The molecule has 1 nitrogen and oxygen atoms in total. The van der Waals surface area contributed by atoms with E-state index in [1.54, 1.807) is 0 Å². The van der Waals surface area contributed by atoms with Crippen LogP contribution >= 0.6 is 0 Å². The fourth-order valence-corrected chi connectivity index (χ4v) is 2.13. The second-order valence-electron chi connectivity index (χ2n) is 6.14. The Kier molecular flexibility index (Phi) is 5.87. The normalized spacial score (nSPS) is 14.8. The third-order valence-electron chi connectivity index (χ3n) is 3.95. The highest BCUT2D eigenvalue weighted by atomic mass is 14.9.